The highest BCUT2D eigenvalue weighted by molar-refractivity contribution is 5.97. The zero-order valence-electron chi connectivity index (χ0n) is 12.1. The minimum Gasteiger partial charge on any atom is -0.301 e. The number of benzene rings is 1. The van der Waals surface area contributed by atoms with Crippen molar-refractivity contribution in [2.45, 2.75) is 25.0 Å². The maximum absolute atomic E-state index is 14.3. The predicted molar refractivity (Wildman–Crippen MR) is 79.7 cm³/mol. The first kappa shape index (κ1) is 13.4. The number of hydrogen-bond acceptors (Lipinski definition) is 2. The molecular formula is C17H17FN3O+. The molecule has 0 radical (unpaired) electrons. The first-order valence-corrected chi connectivity index (χ1v) is 7.61. The average Bonchev–Trinajstić information content (AvgIpc) is 3.11. The minimum atomic E-state index is -0.323. The number of pyridine rings is 1. The van der Waals surface area contributed by atoms with Crippen LogP contribution in [0.2, 0.25) is 0 Å². The number of halogens is 1. The molecule has 22 heavy (non-hydrogen) atoms. The van der Waals surface area contributed by atoms with Crippen LogP contribution in [0.25, 0.3) is 0 Å². The van der Waals surface area contributed by atoms with Crippen molar-refractivity contribution in [2.24, 2.45) is 0 Å². The summed E-state index contributed by atoms with van der Waals surface area (Å²) in [5.41, 5.74) is 0.570. The zero-order chi connectivity index (χ0) is 15.1. The third kappa shape index (κ3) is 1.93. The molecular weight excluding hydrogens is 281 g/mol. The quantitative estimate of drug-likeness (QED) is 0.908. The van der Waals surface area contributed by atoms with Crippen molar-refractivity contribution in [1.82, 2.24) is 4.98 Å². The number of hydrogen-bond donors (Lipinski definition) is 1. The third-order valence-corrected chi connectivity index (χ3v) is 4.65. The lowest BCUT2D eigenvalue weighted by atomic mass is 10.1. The van der Waals surface area contributed by atoms with Gasteiger partial charge in [-0.1, -0.05) is 18.2 Å². The van der Waals surface area contributed by atoms with E-state index in [0.717, 1.165) is 24.3 Å². The number of fused-ring (bicyclic) bond motifs is 1. The molecule has 1 aromatic carbocycles. The molecule has 1 aromatic heterocycles. The van der Waals surface area contributed by atoms with Crippen molar-refractivity contribution >= 4 is 11.7 Å². The molecule has 5 heteroatoms. The number of quaternary nitrogens is 1. The van der Waals surface area contributed by atoms with Crippen molar-refractivity contribution in [2.75, 3.05) is 11.4 Å². The summed E-state index contributed by atoms with van der Waals surface area (Å²) in [4.78, 5) is 20.0. The topological polar surface area (TPSA) is 37.6 Å². The summed E-state index contributed by atoms with van der Waals surface area (Å²) in [6.45, 7) is 0.888. The van der Waals surface area contributed by atoms with Crippen LogP contribution >= 0.6 is 0 Å². The summed E-state index contributed by atoms with van der Waals surface area (Å²) in [5.74, 6) is 0.392. The van der Waals surface area contributed by atoms with Crippen LogP contribution in [0.4, 0.5) is 10.2 Å². The molecule has 2 fully saturated rings. The van der Waals surface area contributed by atoms with E-state index in [1.54, 1.807) is 23.2 Å². The predicted octanol–water partition coefficient (Wildman–Crippen LogP) is 1.31. The lowest BCUT2D eigenvalue weighted by Gasteiger charge is -2.25. The molecule has 3 heterocycles. The van der Waals surface area contributed by atoms with Crippen molar-refractivity contribution in [3.63, 3.8) is 0 Å². The normalized spacial score (nSPS) is 27.2. The maximum Gasteiger partial charge on any atom is 0.291 e. The van der Waals surface area contributed by atoms with Gasteiger partial charge in [0.2, 0.25) is 6.17 Å². The molecule has 2 aromatic rings. The van der Waals surface area contributed by atoms with Gasteiger partial charge in [0.25, 0.3) is 5.91 Å². The standard InChI is InChI=1S/C17H16FN3O/c18-13-7-2-1-6-12(13)16-20-11-5-8-14(20)17(22)21(16)15-9-3-4-10-19-15/h1-4,6-7,9-10,14,16H,5,8,11H2/p+1. The van der Waals surface area contributed by atoms with Gasteiger partial charge in [-0.05, 0) is 24.3 Å². The average molecular weight is 298 g/mol. The van der Waals surface area contributed by atoms with Gasteiger partial charge in [-0.2, -0.15) is 0 Å². The molecule has 1 amide bonds. The number of amides is 1. The fraction of sp³-hybridized carbons (Fsp3) is 0.294. The van der Waals surface area contributed by atoms with Crippen molar-refractivity contribution in [3.05, 3.63) is 60.0 Å². The summed E-state index contributed by atoms with van der Waals surface area (Å²) in [5, 5.41) is 0. The summed E-state index contributed by atoms with van der Waals surface area (Å²) in [6.07, 6.45) is 3.21. The molecule has 4 nitrogen and oxygen atoms in total. The van der Waals surface area contributed by atoms with Crippen LogP contribution in [0.1, 0.15) is 24.6 Å². The van der Waals surface area contributed by atoms with Gasteiger partial charge in [0.15, 0.2) is 6.04 Å². The van der Waals surface area contributed by atoms with Crippen LogP contribution in [0, 0.1) is 5.82 Å². The Kier molecular flexibility index (Phi) is 3.15. The lowest BCUT2D eigenvalue weighted by molar-refractivity contribution is -0.924. The van der Waals surface area contributed by atoms with Crippen LogP contribution in [0.3, 0.4) is 0 Å². The number of aromatic nitrogens is 1. The van der Waals surface area contributed by atoms with Gasteiger partial charge in [0.05, 0.1) is 12.1 Å². The number of carbonyl (C=O) groups excluding carboxylic acids is 1. The van der Waals surface area contributed by atoms with Crippen LogP contribution in [0.5, 0.6) is 0 Å². The van der Waals surface area contributed by atoms with Gasteiger partial charge in [0.1, 0.15) is 11.6 Å². The summed E-state index contributed by atoms with van der Waals surface area (Å²) < 4.78 is 14.3. The minimum absolute atomic E-state index is 0.0550. The molecule has 1 N–H and O–H groups in total. The van der Waals surface area contributed by atoms with E-state index >= 15 is 0 Å². The largest absolute Gasteiger partial charge is 0.301 e. The summed E-state index contributed by atoms with van der Waals surface area (Å²) >= 11 is 0. The first-order chi connectivity index (χ1) is 10.8. The Morgan fingerprint density at radius 1 is 1.18 bits per heavy atom. The molecule has 0 aliphatic carbocycles. The smallest absolute Gasteiger partial charge is 0.291 e. The molecule has 0 saturated carbocycles. The molecule has 2 aliphatic rings. The number of rotatable bonds is 2. The van der Waals surface area contributed by atoms with E-state index in [2.05, 4.69) is 4.98 Å². The molecule has 3 atom stereocenters. The van der Waals surface area contributed by atoms with Crippen LogP contribution < -0.4 is 9.80 Å². The Labute approximate surface area is 128 Å². The Morgan fingerprint density at radius 2 is 2.00 bits per heavy atom. The molecule has 3 unspecified atom stereocenters. The van der Waals surface area contributed by atoms with E-state index < -0.39 is 0 Å². The van der Waals surface area contributed by atoms with Crippen LogP contribution in [-0.2, 0) is 4.79 Å². The van der Waals surface area contributed by atoms with Crippen molar-refractivity contribution < 1.29 is 14.1 Å². The van der Waals surface area contributed by atoms with Gasteiger partial charge < -0.3 is 4.90 Å². The molecule has 112 valence electrons. The third-order valence-electron chi connectivity index (χ3n) is 4.65. The molecule has 0 spiro atoms. The fourth-order valence-electron chi connectivity index (χ4n) is 3.72. The van der Waals surface area contributed by atoms with Crippen LogP contribution in [-0.4, -0.2) is 23.5 Å². The number of anilines is 1. The Morgan fingerprint density at radius 3 is 2.77 bits per heavy atom. The first-order valence-electron chi connectivity index (χ1n) is 7.61. The van der Waals surface area contributed by atoms with E-state index in [9.17, 15) is 9.18 Å². The highest BCUT2D eigenvalue weighted by Gasteiger charge is 2.54. The molecule has 2 aliphatic heterocycles. The Bertz CT molecular complexity index is 706. The maximum atomic E-state index is 14.3. The van der Waals surface area contributed by atoms with E-state index in [0.29, 0.717) is 11.4 Å². The number of nitrogens with one attached hydrogen (secondary N) is 1. The molecule has 4 rings (SSSR count). The lowest BCUT2D eigenvalue weighted by Crippen LogP contribution is -3.12. The summed E-state index contributed by atoms with van der Waals surface area (Å²) in [7, 11) is 0. The number of nitrogens with zero attached hydrogens (tertiary/aromatic N) is 2. The molecule has 0 bridgehead atoms. The van der Waals surface area contributed by atoms with Gasteiger partial charge in [-0.15, -0.1) is 0 Å². The second-order valence-electron chi connectivity index (χ2n) is 5.84. The highest BCUT2D eigenvalue weighted by Crippen LogP contribution is 2.30. The highest BCUT2D eigenvalue weighted by atomic mass is 19.1. The van der Waals surface area contributed by atoms with Gasteiger partial charge >= 0.3 is 0 Å². The van der Waals surface area contributed by atoms with E-state index in [1.807, 2.05) is 24.3 Å². The second kappa shape index (κ2) is 5.18. The van der Waals surface area contributed by atoms with Crippen molar-refractivity contribution in [3.8, 4) is 0 Å². The van der Waals surface area contributed by atoms with E-state index in [4.69, 9.17) is 0 Å². The zero-order valence-corrected chi connectivity index (χ0v) is 12.1. The SMILES string of the molecule is O=C1C2CCC[NH+]2C(c2ccccc2F)N1c1ccccn1. The van der Waals surface area contributed by atoms with E-state index in [1.165, 1.54) is 6.07 Å². The number of carbonyl (C=O) groups is 1. The van der Waals surface area contributed by atoms with Gasteiger partial charge in [0, 0.05) is 19.0 Å². The second-order valence-corrected chi connectivity index (χ2v) is 5.84. The molecule has 2 saturated heterocycles. The van der Waals surface area contributed by atoms with Gasteiger partial charge in [-0.25, -0.2) is 14.3 Å². The van der Waals surface area contributed by atoms with Crippen LogP contribution in [0.15, 0.2) is 48.7 Å². The van der Waals surface area contributed by atoms with E-state index in [-0.39, 0.29) is 23.9 Å². The van der Waals surface area contributed by atoms with Crippen molar-refractivity contribution in [1.29, 1.82) is 0 Å². The summed E-state index contributed by atoms with van der Waals surface area (Å²) in [6, 6.07) is 12.1. The Hall–Kier alpha value is -2.27. The Balaban J connectivity index is 1.84. The van der Waals surface area contributed by atoms with Gasteiger partial charge in [-0.3, -0.25) is 4.79 Å². The fourth-order valence-corrected chi connectivity index (χ4v) is 3.72. The monoisotopic (exact) mass is 298 g/mol.